The Bertz CT molecular complexity index is 1030. The highest BCUT2D eigenvalue weighted by atomic mass is 32.1. The van der Waals surface area contributed by atoms with E-state index in [2.05, 4.69) is 29.6 Å². The molecule has 1 aliphatic carbocycles. The number of benzene rings is 1. The van der Waals surface area contributed by atoms with E-state index in [1.54, 1.807) is 24.3 Å². The fourth-order valence-electron chi connectivity index (χ4n) is 3.09. The average Bonchev–Trinajstić information content (AvgIpc) is 3.26. The number of nitrogens with zero attached hydrogens (tertiary/aromatic N) is 2. The highest BCUT2D eigenvalue weighted by molar-refractivity contribution is 7.20. The molecule has 6 nitrogen and oxygen atoms in total. The monoisotopic (exact) mass is 396 g/mol. The molecule has 1 fully saturated rings. The zero-order valence-electron chi connectivity index (χ0n) is 16.3. The molecule has 0 spiro atoms. The van der Waals surface area contributed by atoms with Gasteiger partial charge in [0, 0.05) is 29.2 Å². The van der Waals surface area contributed by atoms with Gasteiger partial charge in [-0.2, -0.15) is 5.10 Å². The van der Waals surface area contributed by atoms with Crippen molar-refractivity contribution < 1.29 is 9.59 Å². The van der Waals surface area contributed by atoms with Gasteiger partial charge in [-0.1, -0.05) is 13.8 Å². The van der Waals surface area contributed by atoms with Crippen LogP contribution < -0.4 is 10.6 Å². The smallest absolute Gasteiger partial charge is 0.265 e. The van der Waals surface area contributed by atoms with Gasteiger partial charge in [-0.15, -0.1) is 11.3 Å². The molecule has 2 N–H and O–H groups in total. The number of carbonyl (C=O) groups excluding carboxylic acids is 2. The molecular formula is C21H24N4O2S. The van der Waals surface area contributed by atoms with E-state index in [0.717, 1.165) is 35.3 Å². The van der Waals surface area contributed by atoms with Crippen LogP contribution in [-0.2, 0) is 6.54 Å². The number of fused-ring (bicyclic) bond motifs is 1. The van der Waals surface area contributed by atoms with Gasteiger partial charge in [0.15, 0.2) is 0 Å². The molecular weight excluding hydrogens is 372 g/mol. The molecule has 3 aromatic rings. The van der Waals surface area contributed by atoms with Gasteiger partial charge in [-0.25, -0.2) is 0 Å². The van der Waals surface area contributed by atoms with Gasteiger partial charge < -0.3 is 10.6 Å². The van der Waals surface area contributed by atoms with Crippen molar-refractivity contribution in [2.45, 2.75) is 46.2 Å². The van der Waals surface area contributed by atoms with Crippen LogP contribution in [0.3, 0.4) is 0 Å². The molecule has 2 amide bonds. The van der Waals surface area contributed by atoms with Crippen LogP contribution in [0.5, 0.6) is 0 Å². The SMILES string of the molecule is Cc1nn(CC(C)C)c2sc(C(=O)Nc3ccc(C(=O)NC4CC4)cc3)cc12. The number of aryl methyl sites for hydroxylation is 1. The molecule has 2 aromatic heterocycles. The molecule has 7 heteroatoms. The van der Waals surface area contributed by atoms with E-state index in [0.29, 0.717) is 28.1 Å². The second-order valence-electron chi connectivity index (χ2n) is 7.77. The maximum atomic E-state index is 12.7. The van der Waals surface area contributed by atoms with Crippen molar-refractivity contribution in [3.8, 4) is 0 Å². The predicted molar refractivity (Wildman–Crippen MR) is 112 cm³/mol. The Morgan fingerprint density at radius 3 is 2.57 bits per heavy atom. The Labute approximate surface area is 167 Å². The minimum atomic E-state index is -0.146. The van der Waals surface area contributed by atoms with Crippen molar-refractivity contribution in [2.75, 3.05) is 5.32 Å². The lowest BCUT2D eigenvalue weighted by molar-refractivity contribution is 0.0950. The highest BCUT2D eigenvalue weighted by Crippen LogP contribution is 2.29. The number of aromatic nitrogens is 2. The molecule has 4 rings (SSSR count). The van der Waals surface area contributed by atoms with Crippen LogP contribution in [-0.4, -0.2) is 27.6 Å². The minimum Gasteiger partial charge on any atom is -0.349 e. The summed E-state index contributed by atoms with van der Waals surface area (Å²) >= 11 is 1.46. The topological polar surface area (TPSA) is 76.0 Å². The third-order valence-corrected chi connectivity index (χ3v) is 5.83. The van der Waals surface area contributed by atoms with E-state index in [1.165, 1.54) is 11.3 Å². The van der Waals surface area contributed by atoms with Crippen LogP contribution in [0, 0.1) is 12.8 Å². The van der Waals surface area contributed by atoms with Crippen LogP contribution >= 0.6 is 11.3 Å². The lowest BCUT2D eigenvalue weighted by Gasteiger charge is -2.06. The maximum Gasteiger partial charge on any atom is 0.265 e. The number of thiophene rings is 1. The molecule has 0 unspecified atom stereocenters. The molecule has 0 radical (unpaired) electrons. The van der Waals surface area contributed by atoms with Crippen molar-refractivity contribution in [3.05, 3.63) is 46.5 Å². The third kappa shape index (κ3) is 3.94. The summed E-state index contributed by atoms with van der Waals surface area (Å²) in [5.74, 6) is 0.277. The van der Waals surface area contributed by atoms with E-state index in [9.17, 15) is 9.59 Å². The Kier molecular flexibility index (Phi) is 4.93. The first-order valence-electron chi connectivity index (χ1n) is 9.60. The number of nitrogens with one attached hydrogen (secondary N) is 2. The number of amides is 2. The Hall–Kier alpha value is -2.67. The van der Waals surface area contributed by atoms with Crippen molar-refractivity contribution >= 4 is 39.1 Å². The summed E-state index contributed by atoms with van der Waals surface area (Å²) in [7, 11) is 0. The quantitative estimate of drug-likeness (QED) is 0.655. The van der Waals surface area contributed by atoms with Crippen molar-refractivity contribution in [3.63, 3.8) is 0 Å². The standard InChI is InChI=1S/C21H24N4O2S/c1-12(2)11-25-21-17(13(3)24-25)10-18(28-21)20(27)23-15-6-4-14(5-7-15)19(26)22-16-8-9-16/h4-7,10,12,16H,8-9,11H2,1-3H3,(H,22,26)(H,23,27). The summed E-state index contributed by atoms with van der Waals surface area (Å²) < 4.78 is 1.99. The summed E-state index contributed by atoms with van der Waals surface area (Å²) in [5.41, 5.74) is 2.22. The average molecular weight is 397 g/mol. The van der Waals surface area contributed by atoms with Gasteiger partial charge >= 0.3 is 0 Å². The van der Waals surface area contributed by atoms with Gasteiger partial charge in [-0.05, 0) is 56.0 Å². The first-order chi connectivity index (χ1) is 13.4. The zero-order chi connectivity index (χ0) is 19.8. The Balaban J connectivity index is 1.47. The first-order valence-corrected chi connectivity index (χ1v) is 10.4. The van der Waals surface area contributed by atoms with Gasteiger partial charge in [0.2, 0.25) is 0 Å². The summed E-state index contributed by atoms with van der Waals surface area (Å²) in [6.45, 7) is 7.10. The van der Waals surface area contributed by atoms with E-state index >= 15 is 0 Å². The van der Waals surface area contributed by atoms with E-state index in [4.69, 9.17) is 0 Å². The lowest BCUT2D eigenvalue weighted by Crippen LogP contribution is -2.25. The lowest BCUT2D eigenvalue weighted by atomic mass is 10.2. The number of hydrogen-bond donors (Lipinski definition) is 2. The summed E-state index contributed by atoms with van der Waals surface area (Å²) in [5, 5.41) is 11.5. The molecule has 28 heavy (non-hydrogen) atoms. The minimum absolute atomic E-state index is 0.0601. The summed E-state index contributed by atoms with van der Waals surface area (Å²) in [4.78, 5) is 26.4. The molecule has 2 heterocycles. The van der Waals surface area contributed by atoms with Crippen LogP contribution in [0.2, 0.25) is 0 Å². The van der Waals surface area contributed by atoms with Gasteiger partial charge in [0.1, 0.15) is 4.83 Å². The summed E-state index contributed by atoms with van der Waals surface area (Å²) in [6, 6.07) is 9.24. The predicted octanol–water partition coefficient (Wildman–Crippen LogP) is 4.21. The fourth-order valence-corrected chi connectivity index (χ4v) is 4.15. The van der Waals surface area contributed by atoms with Gasteiger partial charge in [0.05, 0.1) is 10.6 Å². The van der Waals surface area contributed by atoms with Crippen molar-refractivity contribution in [1.82, 2.24) is 15.1 Å². The number of anilines is 1. The highest BCUT2D eigenvalue weighted by Gasteiger charge is 2.23. The molecule has 1 aliphatic rings. The third-order valence-electron chi connectivity index (χ3n) is 4.69. The first kappa shape index (κ1) is 18.7. The Morgan fingerprint density at radius 1 is 1.21 bits per heavy atom. The van der Waals surface area contributed by atoms with E-state index in [-0.39, 0.29) is 11.8 Å². The van der Waals surface area contributed by atoms with Crippen molar-refractivity contribution in [2.24, 2.45) is 5.92 Å². The van der Waals surface area contributed by atoms with E-state index < -0.39 is 0 Å². The molecule has 1 saturated carbocycles. The fraction of sp³-hybridized carbons (Fsp3) is 0.381. The zero-order valence-corrected chi connectivity index (χ0v) is 17.1. The molecule has 0 bridgehead atoms. The normalized spacial score (nSPS) is 13.9. The number of rotatable bonds is 6. The van der Waals surface area contributed by atoms with Crippen LogP contribution in [0.25, 0.3) is 10.2 Å². The van der Waals surface area contributed by atoms with Gasteiger partial charge in [0.25, 0.3) is 11.8 Å². The second-order valence-corrected chi connectivity index (χ2v) is 8.80. The maximum absolute atomic E-state index is 12.7. The molecule has 0 saturated heterocycles. The molecule has 1 aromatic carbocycles. The van der Waals surface area contributed by atoms with Crippen LogP contribution in [0.4, 0.5) is 5.69 Å². The molecule has 0 atom stereocenters. The molecule has 146 valence electrons. The van der Waals surface area contributed by atoms with Crippen LogP contribution in [0.1, 0.15) is 52.4 Å². The van der Waals surface area contributed by atoms with E-state index in [1.807, 2.05) is 17.7 Å². The van der Waals surface area contributed by atoms with Crippen molar-refractivity contribution in [1.29, 1.82) is 0 Å². The van der Waals surface area contributed by atoms with Crippen LogP contribution in [0.15, 0.2) is 30.3 Å². The second kappa shape index (κ2) is 7.39. The Morgan fingerprint density at radius 2 is 1.93 bits per heavy atom. The largest absolute Gasteiger partial charge is 0.349 e. The summed E-state index contributed by atoms with van der Waals surface area (Å²) in [6.07, 6.45) is 2.12. The van der Waals surface area contributed by atoms with Gasteiger partial charge in [-0.3, -0.25) is 14.3 Å². The number of carbonyl (C=O) groups is 2. The number of hydrogen-bond acceptors (Lipinski definition) is 4. The molecule has 0 aliphatic heterocycles.